The van der Waals surface area contributed by atoms with Crippen LogP contribution in [0.5, 0.6) is 11.5 Å². The van der Waals surface area contributed by atoms with Gasteiger partial charge in [0.15, 0.2) is 0 Å². The van der Waals surface area contributed by atoms with Crippen LogP contribution in [0, 0.1) is 0 Å². The fraction of sp³-hybridized carbons (Fsp3) is 0. The van der Waals surface area contributed by atoms with Crippen LogP contribution in [0.1, 0.15) is 10.4 Å². The number of carbonyl (C=O) groups is 1. The van der Waals surface area contributed by atoms with Gasteiger partial charge in [-0.25, -0.2) is 4.98 Å². The van der Waals surface area contributed by atoms with E-state index < -0.39 is 0 Å². The minimum Gasteiger partial charge on any atom is -0.457 e. The number of rotatable bonds is 8. The van der Waals surface area contributed by atoms with Gasteiger partial charge in [0.05, 0.1) is 0 Å². The number of carbonyl (C=O) groups excluding carboxylic acids is 1. The zero-order valence-corrected chi connectivity index (χ0v) is 20.5. The molecule has 0 saturated heterocycles. The fourth-order valence-electron chi connectivity index (χ4n) is 3.46. The molecular formula is C29H24ClN5O2. The maximum absolute atomic E-state index is 12.6. The molecule has 0 spiro atoms. The largest absolute Gasteiger partial charge is 0.457 e. The standard InChI is InChI=1S/C29H23N5O2.ClH/c35-28(32-22-9-3-1-4-10-22)21-8-7-11-24(20-21)33-29-30-19-18-27(34-29)31-23-14-16-26(17-15-23)36-25-12-5-2-6-13-25;/h1-20H,(H,32,35)(H2,30,31,33,34);1H. The lowest BCUT2D eigenvalue weighted by atomic mass is 10.2. The maximum atomic E-state index is 12.6. The normalized spacial score (nSPS) is 10.1. The number of anilines is 5. The van der Waals surface area contributed by atoms with E-state index in [0.717, 1.165) is 22.9 Å². The van der Waals surface area contributed by atoms with Crippen LogP contribution in [0.4, 0.5) is 28.8 Å². The summed E-state index contributed by atoms with van der Waals surface area (Å²) in [4.78, 5) is 21.4. The van der Waals surface area contributed by atoms with E-state index in [1.54, 1.807) is 24.4 Å². The molecule has 0 aliphatic rings. The summed E-state index contributed by atoms with van der Waals surface area (Å²) in [6.45, 7) is 0. The molecule has 5 rings (SSSR count). The number of amides is 1. The van der Waals surface area contributed by atoms with Gasteiger partial charge in [-0.1, -0.05) is 42.5 Å². The third-order valence-corrected chi connectivity index (χ3v) is 5.17. The van der Waals surface area contributed by atoms with Crippen molar-refractivity contribution in [1.29, 1.82) is 0 Å². The molecule has 0 saturated carbocycles. The molecule has 0 unspecified atom stereocenters. The number of hydrogen-bond donors (Lipinski definition) is 3. The van der Waals surface area contributed by atoms with Gasteiger partial charge in [0.1, 0.15) is 17.3 Å². The first kappa shape index (κ1) is 25.2. The Kier molecular flexibility index (Phi) is 8.31. The first-order valence-corrected chi connectivity index (χ1v) is 11.4. The molecule has 4 aromatic carbocycles. The Hall–Kier alpha value is -4.88. The molecule has 1 aromatic heterocycles. The van der Waals surface area contributed by atoms with Crippen LogP contribution in [0.3, 0.4) is 0 Å². The van der Waals surface area contributed by atoms with Crippen molar-refractivity contribution in [2.24, 2.45) is 0 Å². The number of para-hydroxylation sites is 2. The van der Waals surface area contributed by atoms with Gasteiger partial charge in [0.25, 0.3) is 5.91 Å². The van der Waals surface area contributed by atoms with Gasteiger partial charge in [0, 0.05) is 28.8 Å². The average molecular weight is 510 g/mol. The Balaban J connectivity index is 0.00000320. The topological polar surface area (TPSA) is 88.2 Å². The molecule has 1 amide bonds. The Bertz CT molecular complexity index is 1450. The number of nitrogens with one attached hydrogen (secondary N) is 3. The van der Waals surface area contributed by atoms with Crippen molar-refractivity contribution >= 4 is 47.1 Å². The fourth-order valence-corrected chi connectivity index (χ4v) is 3.46. The van der Waals surface area contributed by atoms with E-state index in [1.165, 1.54) is 0 Å². The monoisotopic (exact) mass is 509 g/mol. The molecule has 37 heavy (non-hydrogen) atoms. The van der Waals surface area contributed by atoms with Crippen LogP contribution in [-0.4, -0.2) is 15.9 Å². The Morgan fingerprint density at radius 2 is 1.32 bits per heavy atom. The summed E-state index contributed by atoms with van der Waals surface area (Å²) < 4.78 is 5.84. The molecule has 0 aliphatic heterocycles. The average Bonchev–Trinajstić information content (AvgIpc) is 2.91. The van der Waals surface area contributed by atoms with Crippen LogP contribution in [0.15, 0.2) is 121 Å². The predicted molar refractivity (Wildman–Crippen MR) is 150 cm³/mol. The number of aromatic nitrogens is 2. The highest BCUT2D eigenvalue weighted by molar-refractivity contribution is 6.04. The second kappa shape index (κ2) is 12.2. The van der Waals surface area contributed by atoms with Gasteiger partial charge in [-0.05, 0) is 72.8 Å². The summed E-state index contributed by atoms with van der Waals surface area (Å²) >= 11 is 0. The van der Waals surface area contributed by atoms with E-state index in [2.05, 4.69) is 25.9 Å². The Morgan fingerprint density at radius 1 is 0.649 bits per heavy atom. The number of benzene rings is 4. The number of halogens is 1. The van der Waals surface area contributed by atoms with Gasteiger partial charge in [-0.3, -0.25) is 4.79 Å². The first-order valence-electron chi connectivity index (χ1n) is 11.4. The van der Waals surface area contributed by atoms with E-state index in [-0.39, 0.29) is 18.3 Å². The molecule has 3 N–H and O–H groups in total. The summed E-state index contributed by atoms with van der Waals surface area (Å²) in [5, 5.41) is 9.32. The van der Waals surface area contributed by atoms with Crippen molar-refractivity contribution in [2.45, 2.75) is 0 Å². The van der Waals surface area contributed by atoms with Crippen LogP contribution >= 0.6 is 12.4 Å². The maximum Gasteiger partial charge on any atom is 0.255 e. The Labute approximate surface area is 221 Å². The molecular weight excluding hydrogens is 486 g/mol. The molecule has 1 heterocycles. The first-order chi connectivity index (χ1) is 17.7. The van der Waals surface area contributed by atoms with E-state index >= 15 is 0 Å². The van der Waals surface area contributed by atoms with Gasteiger partial charge in [-0.2, -0.15) is 4.98 Å². The molecule has 184 valence electrons. The highest BCUT2D eigenvalue weighted by Gasteiger charge is 2.08. The molecule has 0 radical (unpaired) electrons. The predicted octanol–water partition coefficient (Wildman–Crippen LogP) is 7.43. The summed E-state index contributed by atoms with van der Waals surface area (Å²) in [5.41, 5.74) is 2.83. The summed E-state index contributed by atoms with van der Waals surface area (Å²) in [5.74, 6) is 2.37. The van der Waals surface area contributed by atoms with Crippen molar-refractivity contribution in [3.05, 3.63) is 127 Å². The zero-order valence-electron chi connectivity index (χ0n) is 19.7. The van der Waals surface area contributed by atoms with E-state index in [9.17, 15) is 4.79 Å². The lowest BCUT2D eigenvalue weighted by Gasteiger charge is -2.11. The summed E-state index contributed by atoms with van der Waals surface area (Å²) in [6, 6.07) is 35.5. The van der Waals surface area contributed by atoms with Gasteiger partial charge < -0.3 is 20.7 Å². The minimum atomic E-state index is -0.194. The Morgan fingerprint density at radius 3 is 2.08 bits per heavy atom. The SMILES string of the molecule is Cl.O=C(Nc1ccccc1)c1cccc(Nc2nccc(Nc3ccc(Oc4ccccc4)cc3)n2)c1. The van der Waals surface area contributed by atoms with E-state index in [0.29, 0.717) is 23.0 Å². The van der Waals surface area contributed by atoms with Crippen molar-refractivity contribution in [2.75, 3.05) is 16.0 Å². The lowest BCUT2D eigenvalue weighted by Crippen LogP contribution is -2.12. The molecule has 7 nitrogen and oxygen atoms in total. The molecule has 8 heteroatoms. The van der Waals surface area contributed by atoms with Gasteiger partial charge in [0.2, 0.25) is 5.95 Å². The van der Waals surface area contributed by atoms with Crippen molar-refractivity contribution in [3.63, 3.8) is 0 Å². The van der Waals surface area contributed by atoms with E-state index in [4.69, 9.17) is 4.74 Å². The molecule has 0 fully saturated rings. The highest BCUT2D eigenvalue weighted by atomic mass is 35.5. The zero-order chi connectivity index (χ0) is 24.6. The number of hydrogen-bond acceptors (Lipinski definition) is 6. The van der Waals surface area contributed by atoms with Crippen molar-refractivity contribution in [3.8, 4) is 11.5 Å². The van der Waals surface area contributed by atoms with Crippen LogP contribution in [-0.2, 0) is 0 Å². The van der Waals surface area contributed by atoms with Crippen LogP contribution < -0.4 is 20.7 Å². The molecule has 0 atom stereocenters. The third-order valence-electron chi connectivity index (χ3n) is 5.17. The van der Waals surface area contributed by atoms with Crippen molar-refractivity contribution < 1.29 is 9.53 Å². The number of ether oxygens (including phenoxy) is 1. The quantitative estimate of drug-likeness (QED) is 0.201. The third kappa shape index (κ3) is 7.06. The smallest absolute Gasteiger partial charge is 0.255 e. The van der Waals surface area contributed by atoms with Gasteiger partial charge >= 0.3 is 0 Å². The van der Waals surface area contributed by atoms with Crippen LogP contribution in [0.25, 0.3) is 0 Å². The van der Waals surface area contributed by atoms with Crippen molar-refractivity contribution in [1.82, 2.24) is 9.97 Å². The van der Waals surface area contributed by atoms with Gasteiger partial charge in [-0.15, -0.1) is 12.4 Å². The molecule has 0 aliphatic carbocycles. The van der Waals surface area contributed by atoms with E-state index in [1.807, 2.05) is 97.1 Å². The lowest BCUT2D eigenvalue weighted by molar-refractivity contribution is 0.102. The number of nitrogens with zero attached hydrogens (tertiary/aromatic N) is 2. The second-order valence-electron chi connectivity index (χ2n) is 7.86. The summed E-state index contributed by atoms with van der Waals surface area (Å²) in [7, 11) is 0. The minimum absolute atomic E-state index is 0. The second-order valence-corrected chi connectivity index (χ2v) is 7.86. The summed E-state index contributed by atoms with van der Waals surface area (Å²) in [6.07, 6.45) is 1.66. The highest BCUT2D eigenvalue weighted by Crippen LogP contribution is 2.24. The van der Waals surface area contributed by atoms with Crippen LogP contribution in [0.2, 0.25) is 0 Å². The molecule has 0 bridgehead atoms. The molecule has 5 aromatic rings.